The van der Waals surface area contributed by atoms with E-state index in [0.29, 0.717) is 13.0 Å². The van der Waals surface area contributed by atoms with Crippen LogP contribution in [0.3, 0.4) is 0 Å². The van der Waals surface area contributed by atoms with Gasteiger partial charge in [-0.25, -0.2) is 0 Å². The van der Waals surface area contributed by atoms with Gasteiger partial charge in [-0.05, 0) is 24.8 Å². The van der Waals surface area contributed by atoms with Crippen LogP contribution >= 0.6 is 0 Å². The molecule has 0 aromatic heterocycles. The van der Waals surface area contributed by atoms with Gasteiger partial charge in [-0.3, -0.25) is 4.79 Å². The first-order valence-electron chi connectivity index (χ1n) is 9.53. The van der Waals surface area contributed by atoms with Crippen LogP contribution in [0.1, 0.15) is 57.1 Å². The van der Waals surface area contributed by atoms with Gasteiger partial charge < -0.3 is 20.4 Å². The number of nitrogens with one attached hydrogen (secondary N) is 1. The van der Waals surface area contributed by atoms with Crippen LogP contribution in [-0.4, -0.2) is 52.8 Å². The second-order valence-electron chi connectivity index (χ2n) is 7.02. The Hall–Kier alpha value is -1.43. The Balaban J connectivity index is 1.98. The number of likely N-dealkylation sites (tertiary alicyclic amines) is 1. The van der Waals surface area contributed by atoms with E-state index < -0.39 is 6.10 Å². The lowest BCUT2D eigenvalue weighted by Crippen LogP contribution is -2.49. The topological polar surface area (TPSA) is 72.8 Å². The number of rotatable bonds is 9. The van der Waals surface area contributed by atoms with Crippen LogP contribution in [0.5, 0.6) is 0 Å². The summed E-state index contributed by atoms with van der Waals surface area (Å²) in [6.07, 6.45) is 4.05. The molecule has 1 aromatic rings. The molecule has 1 aromatic carbocycles. The Bertz CT molecular complexity index is 501. The molecule has 2 atom stereocenters. The maximum atomic E-state index is 12.3. The number of nitrogens with zero attached hydrogens (tertiary/aromatic N) is 1. The van der Waals surface area contributed by atoms with E-state index in [-0.39, 0.29) is 18.1 Å². The van der Waals surface area contributed by atoms with Gasteiger partial charge in [-0.2, -0.15) is 0 Å². The number of carbonyl (C=O) groups excluding carboxylic acids is 1. The van der Waals surface area contributed by atoms with Crippen molar-refractivity contribution in [2.75, 3.05) is 19.6 Å². The van der Waals surface area contributed by atoms with Gasteiger partial charge in [0.1, 0.15) is 6.10 Å². The zero-order valence-corrected chi connectivity index (χ0v) is 15.2. The van der Waals surface area contributed by atoms with Gasteiger partial charge in [-0.15, -0.1) is 0 Å². The summed E-state index contributed by atoms with van der Waals surface area (Å²) in [6, 6.07) is 9.15. The normalized spacial score (nSPS) is 18.7. The fraction of sp³-hybridized carbons (Fsp3) is 0.650. The zero-order valence-electron chi connectivity index (χ0n) is 15.2. The number of hydrogen-bond acceptors (Lipinski definition) is 4. The molecular weight excluding hydrogens is 316 g/mol. The van der Waals surface area contributed by atoms with Crippen LogP contribution in [0.15, 0.2) is 30.3 Å². The predicted octanol–water partition coefficient (Wildman–Crippen LogP) is 2.24. The quantitative estimate of drug-likeness (QED) is 0.599. The van der Waals surface area contributed by atoms with Gasteiger partial charge in [0.15, 0.2) is 0 Å². The summed E-state index contributed by atoms with van der Waals surface area (Å²) in [6.45, 7) is 4.31. The van der Waals surface area contributed by atoms with Crippen LogP contribution in [-0.2, 0) is 4.79 Å². The monoisotopic (exact) mass is 348 g/mol. The van der Waals surface area contributed by atoms with E-state index in [0.717, 1.165) is 50.8 Å². The van der Waals surface area contributed by atoms with Crippen molar-refractivity contribution in [1.29, 1.82) is 0 Å². The molecule has 5 heteroatoms. The summed E-state index contributed by atoms with van der Waals surface area (Å²) in [7, 11) is 0. The molecule has 1 fully saturated rings. The molecule has 0 saturated carbocycles. The van der Waals surface area contributed by atoms with Crippen LogP contribution in [0.4, 0.5) is 0 Å². The molecule has 25 heavy (non-hydrogen) atoms. The van der Waals surface area contributed by atoms with Crippen molar-refractivity contribution >= 4 is 5.91 Å². The van der Waals surface area contributed by atoms with Crippen molar-refractivity contribution < 1.29 is 15.0 Å². The maximum absolute atomic E-state index is 12.3. The summed E-state index contributed by atoms with van der Waals surface area (Å²) in [5.74, 6) is 0.00507. The van der Waals surface area contributed by atoms with Gasteiger partial charge in [0.25, 0.3) is 0 Å². The molecule has 0 unspecified atom stereocenters. The highest BCUT2D eigenvalue weighted by Crippen LogP contribution is 2.19. The average molecular weight is 348 g/mol. The summed E-state index contributed by atoms with van der Waals surface area (Å²) in [5.41, 5.74) is 0.818. The number of benzene rings is 1. The van der Waals surface area contributed by atoms with Crippen molar-refractivity contribution in [2.24, 2.45) is 0 Å². The first kappa shape index (κ1) is 19.9. The second kappa shape index (κ2) is 10.5. The lowest BCUT2D eigenvalue weighted by Gasteiger charge is -2.34. The van der Waals surface area contributed by atoms with Gasteiger partial charge in [0, 0.05) is 26.1 Å². The average Bonchev–Trinajstić information content (AvgIpc) is 2.63. The highest BCUT2D eigenvalue weighted by molar-refractivity contribution is 5.76. The Kier molecular flexibility index (Phi) is 8.38. The first-order chi connectivity index (χ1) is 12.1. The molecule has 140 valence electrons. The molecule has 1 aliphatic heterocycles. The van der Waals surface area contributed by atoms with Crippen LogP contribution < -0.4 is 5.32 Å². The minimum Gasteiger partial charge on any atom is -0.393 e. The van der Waals surface area contributed by atoms with Gasteiger partial charge in [0.2, 0.25) is 5.91 Å². The summed E-state index contributed by atoms with van der Waals surface area (Å²) in [5, 5.41) is 23.5. The van der Waals surface area contributed by atoms with Crippen LogP contribution in [0.2, 0.25) is 0 Å². The Labute approximate surface area is 151 Å². The number of aliphatic hydroxyl groups excluding tert-OH is 2. The van der Waals surface area contributed by atoms with Crippen molar-refractivity contribution in [1.82, 2.24) is 10.2 Å². The smallest absolute Gasteiger partial charge is 0.220 e. The van der Waals surface area contributed by atoms with E-state index in [2.05, 4.69) is 17.1 Å². The standard InChI is InChI=1S/C20H32N2O3/c1-2-3-5-10-19(24)21-18(15-22-13-11-17(23)12-14-22)20(25)16-8-6-4-7-9-16/h4,6-9,17-18,20,23,25H,2-3,5,10-15H2,1H3,(H,21,24)/t18-,20+/m0/s1. The molecule has 5 nitrogen and oxygen atoms in total. The fourth-order valence-corrected chi connectivity index (χ4v) is 3.30. The third-order valence-electron chi connectivity index (χ3n) is 4.89. The Morgan fingerprint density at radius 3 is 2.56 bits per heavy atom. The van der Waals surface area contributed by atoms with Crippen molar-refractivity contribution in [3.63, 3.8) is 0 Å². The highest BCUT2D eigenvalue weighted by Gasteiger charge is 2.27. The van der Waals surface area contributed by atoms with Gasteiger partial charge >= 0.3 is 0 Å². The molecule has 1 aliphatic rings. The third-order valence-corrected chi connectivity index (χ3v) is 4.89. The SMILES string of the molecule is CCCCCC(=O)N[C@@H](CN1CCC(O)CC1)[C@H](O)c1ccccc1. The minimum atomic E-state index is -0.733. The van der Waals surface area contributed by atoms with Gasteiger partial charge in [0.05, 0.1) is 12.1 Å². The maximum Gasteiger partial charge on any atom is 0.220 e. The molecule has 0 radical (unpaired) electrons. The summed E-state index contributed by atoms with van der Waals surface area (Å²) >= 11 is 0. The summed E-state index contributed by atoms with van der Waals surface area (Å²) in [4.78, 5) is 14.5. The number of aliphatic hydroxyl groups is 2. The lowest BCUT2D eigenvalue weighted by molar-refractivity contribution is -0.123. The Morgan fingerprint density at radius 1 is 1.24 bits per heavy atom. The van der Waals surface area contributed by atoms with Crippen molar-refractivity contribution in [2.45, 2.75) is 63.7 Å². The number of amides is 1. The van der Waals surface area contributed by atoms with Crippen molar-refractivity contribution in [3.05, 3.63) is 35.9 Å². The van der Waals surface area contributed by atoms with Crippen molar-refractivity contribution in [3.8, 4) is 0 Å². The fourth-order valence-electron chi connectivity index (χ4n) is 3.30. The van der Waals surface area contributed by atoms with E-state index in [1.54, 1.807) is 0 Å². The number of hydrogen-bond donors (Lipinski definition) is 3. The molecule has 2 rings (SSSR count). The number of carbonyl (C=O) groups is 1. The molecule has 0 bridgehead atoms. The van der Waals surface area contributed by atoms with E-state index in [4.69, 9.17) is 0 Å². The van der Waals surface area contributed by atoms with Gasteiger partial charge in [-0.1, -0.05) is 50.1 Å². The van der Waals surface area contributed by atoms with E-state index >= 15 is 0 Å². The van der Waals surface area contributed by atoms with Crippen LogP contribution in [0, 0.1) is 0 Å². The lowest BCUT2D eigenvalue weighted by atomic mass is 10.00. The summed E-state index contributed by atoms with van der Waals surface area (Å²) < 4.78 is 0. The first-order valence-corrected chi connectivity index (χ1v) is 9.53. The zero-order chi connectivity index (χ0) is 18.1. The second-order valence-corrected chi connectivity index (χ2v) is 7.02. The molecule has 1 saturated heterocycles. The highest BCUT2D eigenvalue weighted by atomic mass is 16.3. The minimum absolute atomic E-state index is 0.00507. The van der Waals surface area contributed by atoms with E-state index in [1.165, 1.54) is 0 Å². The largest absolute Gasteiger partial charge is 0.393 e. The molecule has 0 spiro atoms. The molecular formula is C20H32N2O3. The molecule has 1 amide bonds. The third kappa shape index (κ3) is 6.77. The molecule has 0 aliphatic carbocycles. The molecule has 1 heterocycles. The Morgan fingerprint density at radius 2 is 1.92 bits per heavy atom. The predicted molar refractivity (Wildman–Crippen MR) is 99.2 cm³/mol. The molecule has 3 N–H and O–H groups in total. The van der Waals surface area contributed by atoms with E-state index in [1.807, 2.05) is 30.3 Å². The number of unbranched alkanes of at least 4 members (excludes halogenated alkanes) is 2. The van der Waals surface area contributed by atoms with Crippen LogP contribution in [0.25, 0.3) is 0 Å². The van der Waals surface area contributed by atoms with E-state index in [9.17, 15) is 15.0 Å². The number of piperidine rings is 1.